The summed E-state index contributed by atoms with van der Waals surface area (Å²) in [4.78, 5) is 10.4. The molecule has 0 aliphatic heterocycles. The monoisotopic (exact) mass is 242 g/mol. The molecule has 0 unspecified atom stereocenters. The zero-order chi connectivity index (χ0) is 12.5. The fourth-order valence-corrected chi connectivity index (χ4v) is 1.27. The lowest BCUT2D eigenvalue weighted by Gasteiger charge is -2.03. The van der Waals surface area contributed by atoms with Crippen molar-refractivity contribution in [1.82, 2.24) is 15.1 Å². The van der Waals surface area contributed by atoms with Gasteiger partial charge in [0.2, 0.25) is 5.91 Å². The molecule has 7 heteroatoms. The van der Waals surface area contributed by atoms with Crippen LogP contribution < -0.4 is 11.1 Å². The van der Waals surface area contributed by atoms with E-state index in [0.717, 1.165) is 5.56 Å². The van der Waals surface area contributed by atoms with Gasteiger partial charge in [-0.25, -0.2) is 0 Å². The number of nitrogens with one attached hydrogen (secondary N) is 1. The summed E-state index contributed by atoms with van der Waals surface area (Å²) in [6, 6.07) is 0. The number of carbonyl (C=O) groups excluding carboxylic acids is 1. The quantitative estimate of drug-likeness (QED) is 0.456. The Morgan fingerprint density at radius 3 is 3.18 bits per heavy atom. The smallest absolute Gasteiger partial charge is 0.243 e. The molecule has 17 heavy (non-hydrogen) atoms. The molecule has 0 bridgehead atoms. The molecule has 0 atom stereocenters. The van der Waals surface area contributed by atoms with Crippen LogP contribution in [0.5, 0.6) is 0 Å². The first-order valence-corrected chi connectivity index (χ1v) is 5.41. The molecule has 7 nitrogen and oxygen atoms in total. The van der Waals surface area contributed by atoms with Crippen LogP contribution in [0.1, 0.15) is 5.56 Å². The van der Waals surface area contributed by atoms with Crippen LogP contribution in [0.3, 0.4) is 0 Å². The van der Waals surface area contributed by atoms with E-state index in [1.165, 1.54) is 0 Å². The number of carbonyl (C=O) groups is 1. The number of amides is 1. The molecule has 1 aromatic heterocycles. The Labute approximate surface area is 99.6 Å². The Morgan fingerprint density at radius 1 is 1.65 bits per heavy atom. The summed E-state index contributed by atoms with van der Waals surface area (Å²) in [6.07, 6.45) is 3.61. The fourth-order valence-electron chi connectivity index (χ4n) is 1.27. The van der Waals surface area contributed by atoms with Gasteiger partial charge in [-0.2, -0.15) is 5.10 Å². The number of aromatic nitrogens is 2. The maximum atomic E-state index is 10.4. The van der Waals surface area contributed by atoms with Gasteiger partial charge in [0, 0.05) is 24.8 Å². The van der Waals surface area contributed by atoms with Gasteiger partial charge in [-0.1, -0.05) is 0 Å². The first-order valence-electron chi connectivity index (χ1n) is 5.41. The van der Waals surface area contributed by atoms with Gasteiger partial charge in [0.15, 0.2) is 0 Å². The lowest BCUT2D eigenvalue weighted by atomic mass is 10.3. The van der Waals surface area contributed by atoms with E-state index in [0.29, 0.717) is 26.2 Å². The van der Waals surface area contributed by atoms with Crippen LogP contribution in [0.15, 0.2) is 12.4 Å². The van der Waals surface area contributed by atoms with Crippen LogP contribution in [0.4, 0.5) is 0 Å². The number of ether oxygens (including phenoxy) is 1. The maximum absolute atomic E-state index is 10.4. The SMILES string of the molecule is NC(=O)COCCNCc1cnn(CCO)c1. The molecule has 0 aliphatic rings. The number of nitrogens with zero attached hydrogens (tertiary/aromatic N) is 2. The highest BCUT2D eigenvalue weighted by atomic mass is 16.5. The minimum Gasteiger partial charge on any atom is -0.394 e. The van der Waals surface area contributed by atoms with Crippen molar-refractivity contribution in [2.24, 2.45) is 5.73 Å². The molecule has 0 spiro atoms. The summed E-state index contributed by atoms with van der Waals surface area (Å²) in [7, 11) is 0. The van der Waals surface area contributed by atoms with Gasteiger partial charge in [-0.3, -0.25) is 9.48 Å². The molecule has 0 radical (unpaired) electrons. The fraction of sp³-hybridized carbons (Fsp3) is 0.600. The van der Waals surface area contributed by atoms with E-state index in [1.54, 1.807) is 10.9 Å². The second kappa shape index (κ2) is 7.77. The molecule has 1 aromatic rings. The lowest BCUT2D eigenvalue weighted by Crippen LogP contribution is -2.23. The number of rotatable bonds is 9. The van der Waals surface area contributed by atoms with Crippen LogP contribution in [0.25, 0.3) is 0 Å². The van der Waals surface area contributed by atoms with Crippen LogP contribution in [-0.2, 0) is 22.6 Å². The molecule has 0 aromatic carbocycles. The Morgan fingerprint density at radius 2 is 2.47 bits per heavy atom. The normalized spacial score (nSPS) is 10.6. The molecule has 0 aliphatic carbocycles. The molecular formula is C10H18N4O3. The van der Waals surface area contributed by atoms with E-state index in [9.17, 15) is 4.79 Å². The zero-order valence-corrected chi connectivity index (χ0v) is 9.63. The van der Waals surface area contributed by atoms with Crippen molar-refractivity contribution in [2.75, 3.05) is 26.4 Å². The van der Waals surface area contributed by atoms with Crippen molar-refractivity contribution in [2.45, 2.75) is 13.1 Å². The Kier molecular flexibility index (Phi) is 6.23. The van der Waals surface area contributed by atoms with Gasteiger partial charge in [-0.05, 0) is 0 Å². The summed E-state index contributed by atoms with van der Waals surface area (Å²) < 4.78 is 6.67. The second-order valence-electron chi connectivity index (χ2n) is 3.53. The van der Waals surface area contributed by atoms with Crippen molar-refractivity contribution in [1.29, 1.82) is 0 Å². The predicted molar refractivity (Wildman–Crippen MR) is 61.0 cm³/mol. The number of hydrogen-bond acceptors (Lipinski definition) is 5. The van der Waals surface area contributed by atoms with Crippen LogP contribution >= 0.6 is 0 Å². The molecule has 0 fully saturated rings. The molecule has 1 amide bonds. The van der Waals surface area contributed by atoms with E-state index in [-0.39, 0.29) is 13.2 Å². The lowest BCUT2D eigenvalue weighted by molar-refractivity contribution is -0.122. The van der Waals surface area contributed by atoms with E-state index in [2.05, 4.69) is 10.4 Å². The molecule has 1 heterocycles. The summed E-state index contributed by atoms with van der Waals surface area (Å²) in [5.74, 6) is -0.463. The maximum Gasteiger partial charge on any atom is 0.243 e. The van der Waals surface area contributed by atoms with Crippen molar-refractivity contribution in [3.05, 3.63) is 18.0 Å². The van der Waals surface area contributed by atoms with E-state index < -0.39 is 5.91 Å². The Bertz CT molecular complexity index is 340. The van der Waals surface area contributed by atoms with Crippen molar-refractivity contribution < 1.29 is 14.6 Å². The van der Waals surface area contributed by atoms with Gasteiger partial charge in [0.1, 0.15) is 6.61 Å². The molecule has 96 valence electrons. The third-order valence-electron chi connectivity index (χ3n) is 2.01. The molecule has 0 saturated heterocycles. The van der Waals surface area contributed by atoms with Gasteiger partial charge in [-0.15, -0.1) is 0 Å². The van der Waals surface area contributed by atoms with Gasteiger partial charge < -0.3 is 20.9 Å². The average molecular weight is 242 g/mol. The molecule has 0 saturated carbocycles. The average Bonchev–Trinajstić information content (AvgIpc) is 2.71. The second-order valence-corrected chi connectivity index (χ2v) is 3.53. The van der Waals surface area contributed by atoms with Crippen molar-refractivity contribution in [3.63, 3.8) is 0 Å². The third-order valence-corrected chi connectivity index (χ3v) is 2.01. The zero-order valence-electron chi connectivity index (χ0n) is 9.63. The largest absolute Gasteiger partial charge is 0.394 e. The van der Waals surface area contributed by atoms with Gasteiger partial charge >= 0.3 is 0 Å². The van der Waals surface area contributed by atoms with E-state index in [4.69, 9.17) is 15.6 Å². The summed E-state index contributed by atoms with van der Waals surface area (Å²) in [6.45, 7) is 2.28. The van der Waals surface area contributed by atoms with Crippen LogP contribution in [0.2, 0.25) is 0 Å². The highest BCUT2D eigenvalue weighted by Gasteiger charge is 1.98. The minimum atomic E-state index is -0.463. The third kappa shape index (κ3) is 6.00. The van der Waals surface area contributed by atoms with Crippen LogP contribution in [0, 0.1) is 0 Å². The summed E-state index contributed by atoms with van der Waals surface area (Å²) in [5, 5.41) is 15.9. The first kappa shape index (κ1) is 13.6. The highest BCUT2D eigenvalue weighted by molar-refractivity contribution is 5.74. The molecule has 4 N–H and O–H groups in total. The summed E-state index contributed by atoms with van der Waals surface area (Å²) >= 11 is 0. The molecule has 1 rings (SSSR count). The Hall–Kier alpha value is -1.44. The van der Waals surface area contributed by atoms with Gasteiger partial charge in [0.25, 0.3) is 0 Å². The van der Waals surface area contributed by atoms with Crippen molar-refractivity contribution >= 4 is 5.91 Å². The molecular weight excluding hydrogens is 224 g/mol. The number of hydrogen-bond donors (Lipinski definition) is 3. The number of primary amides is 1. The Balaban J connectivity index is 2.07. The standard InChI is InChI=1S/C10H18N4O3/c11-10(16)8-17-4-1-12-5-9-6-13-14(7-9)2-3-15/h6-7,12,15H,1-5,8H2,(H2,11,16). The highest BCUT2D eigenvalue weighted by Crippen LogP contribution is 1.96. The van der Waals surface area contributed by atoms with Crippen LogP contribution in [-0.4, -0.2) is 47.2 Å². The number of aliphatic hydroxyl groups is 1. The van der Waals surface area contributed by atoms with E-state index in [1.807, 2.05) is 6.20 Å². The topological polar surface area (TPSA) is 102 Å². The number of aliphatic hydroxyl groups excluding tert-OH is 1. The first-order chi connectivity index (χ1) is 8.22. The minimum absolute atomic E-state index is 0.0455. The van der Waals surface area contributed by atoms with E-state index >= 15 is 0 Å². The predicted octanol–water partition coefficient (Wildman–Crippen LogP) is -1.53. The van der Waals surface area contributed by atoms with Gasteiger partial charge in [0.05, 0.1) is 26.0 Å². The van der Waals surface area contributed by atoms with Crippen molar-refractivity contribution in [3.8, 4) is 0 Å². The number of nitrogens with two attached hydrogens (primary N) is 1. The summed E-state index contributed by atoms with van der Waals surface area (Å²) in [5.41, 5.74) is 5.95.